The summed E-state index contributed by atoms with van der Waals surface area (Å²) < 4.78 is 1.91. The van der Waals surface area contributed by atoms with Crippen LogP contribution in [0.3, 0.4) is 0 Å². The highest BCUT2D eigenvalue weighted by atomic mass is 16.3. The van der Waals surface area contributed by atoms with Gasteiger partial charge in [-0.1, -0.05) is 0 Å². The highest BCUT2D eigenvalue weighted by Gasteiger charge is 2.22. The summed E-state index contributed by atoms with van der Waals surface area (Å²) in [5, 5.41) is 12.7. The Morgan fingerprint density at radius 1 is 1.58 bits per heavy atom. The van der Waals surface area contributed by atoms with E-state index in [2.05, 4.69) is 10.3 Å². The van der Waals surface area contributed by atoms with Crippen molar-refractivity contribution in [1.82, 2.24) is 19.8 Å². The van der Waals surface area contributed by atoms with E-state index in [0.29, 0.717) is 19.6 Å². The first kappa shape index (κ1) is 15.5. The van der Waals surface area contributed by atoms with E-state index in [9.17, 15) is 9.90 Å². The van der Waals surface area contributed by atoms with Crippen LogP contribution in [-0.4, -0.2) is 50.3 Å². The minimum atomic E-state index is -0.888. The molecule has 1 heterocycles. The van der Waals surface area contributed by atoms with Crippen LogP contribution in [0.4, 0.5) is 4.79 Å². The molecule has 0 fully saturated rings. The lowest BCUT2D eigenvalue weighted by Gasteiger charge is -2.29. The summed E-state index contributed by atoms with van der Waals surface area (Å²) in [7, 11) is 0. The van der Waals surface area contributed by atoms with Gasteiger partial charge in [0, 0.05) is 31.5 Å². The number of carbonyl (C=O) groups is 1. The maximum absolute atomic E-state index is 12.1. The van der Waals surface area contributed by atoms with E-state index in [1.54, 1.807) is 31.3 Å². The fourth-order valence-electron chi connectivity index (χ4n) is 1.85. The Kier molecular flexibility index (Phi) is 5.35. The molecule has 0 radical (unpaired) electrons. The van der Waals surface area contributed by atoms with Gasteiger partial charge in [-0.2, -0.15) is 0 Å². The fourth-order valence-corrected chi connectivity index (χ4v) is 1.85. The van der Waals surface area contributed by atoms with Crippen LogP contribution in [-0.2, 0) is 6.54 Å². The lowest BCUT2D eigenvalue weighted by Crippen LogP contribution is -2.49. The molecule has 6 nitrogen and oxygen atoms in total. The molecule has 1 unspecified atom stereocenters. The van der Waals surface area contributed by atoms with Gasteiger partial charge in [0.15, 0.2) is 0 Å². The number of nitrogens with one attached hydrogen (secondary N) is 1. The lowest BCUT2D eigenvalue weighted by molar-refractivity contribution is 0.0475. The zero-order valence-electron chi connectivity index (χ0n) is 12.1. The molecule has 0 saturated heterocycles. The summed E-state index contributed by atoms with van der Waals surface area (Å²) >= 11 is 0. The van der Waals surface area contributed by atoms with Crippen molar-refractivity contribution in [2.75, 3.05) is 13.1 Å². The average molecular weight is 268 g/mol. The van der Waals surface area contributed by atoms with Crippen molar-refractivity contribution >= 4 is 6.03 Å². The van der Waals surface area contributed by atoms with Gasteiger partial charge in [-0.15, -0.1) is 0 Å². The van der Waals surface area contributed by atoms with Crippen LogP contribution in [0.15, 0.2) is 18.7 Å². The first-order chi connectivity index (χ1) is 8.81. The molecule has 0 saturated carbocycles. The van der Waals surface area contributed by atoms with Gasteiger partial charge in [0.2, 0.25) is 0 Å². The molecule has 1 aromatic heterocycles. The minimum absolute atomic E-state index is 0.00226. The summed E-state index contributed by atoms with van der Waals surface area (Å²) in [6, 6.07) is -0.158. The van der Waals surface area contributed by atoms with Crippen molar-refractivity contribution in [3.63, 3.8) is 0 Å². The van der Waals surface area contributed by atoms with Crippen molar-refractivity contribution in [3.8, 4) is 0 Å². The normalized spacial score (nSPS) is 13.1. The number of hydrogen-bond donors (Lipinski definition) is 2. The van der Waals surface area contributed by atoms with E-state index in [4.69, 9.17) is 0 Å². The van der Waals surface area contributed by atoms with Crippen molar-refractivity contribution in [1.29, 1.82) is 0 Å². The first-order valence-corrected chi connectivity index (χ1v) is 6.55. The number of urea groups is 1. The second kappa shape index (κ2) is 6.56. The minimum Gasteiger partial charge on any atom is -0.389 e. The zero-order valence-corrected chi connectivity index (χ0v) is 12.1. The van der Waals surface area contributed by atoms with Crippen molar-refractivity contribution in [2.24, 2.45) is 0 Å². The molecule has 0 bridgehead atoms. The van der Waals surface area contributed by atoms with E-state index in [1.165, 1.54) is 0 Å². The Balaban J connectivity index is 2.47. The molecule has 0 aliphatic carbocycles. The Hall–Kier alpha value is -1.56. The van der Waals surface area contributed by atoms with Gasteiger partial charge in [-0.05, 0) is 27.7 Å². The molecule has 6 heteroatoms. The molecular weight excluding hydrogens is 244 g/mol. The lowest BCUT2D eigenvalue weighted by atomic mass is 10.1. The number of aliphatic hydroxyl groups is 1. The van der Waals surface area contributed by atoms with Gasteiger partial charge < -0.3 is 19.9 Å². The number of nitrogens with zero attached hydrogens (tertiary/aromatic N) is 3. The summed E-state index contributed by atoms with van der Waals surface area (Å²) in [4.78, 5) is 17.6. The second-order valence-electron chi connectivity index (χ2n) is 5.44. The smallest absolute Gasteiger partial charge is 0.317 e. The van der Waals surface area contributed by atoms with Crippen LogP contribution in [0.2, 0.25) is 0 Å². The van der Waals surface area contributed by atoms with E-state index >= 15 is 0 Å². The molecule has 1 atom stereocenters. The average Bonchev–Trinajstić information content (AvgIpc) is 2.76. The van der Waals surface area contributed by atoms with E-state index < -0.39 is 5.60 Å². The number of likely N-dealkylation sites (N-methyl/N-ethyl adjacent to an activating group) is 1. The Bertz CT molecular complexity index is 384. The predicted molar refractivity (Wildman–Crippen MR) is 73.8 cm³/mol. The van der Waals surface area contributed by atoms with Crippen LogP contribution >= 0.6 is 0 Å². The van der Waals surface area contributed by atoms with E-state index in [-0.39, 0.29) is 12.1 Å². The van der Waals surface area contributed by atoms with Gasteiger partial charge in [0.05, 0.1) is 18.5 Å². The number of amides is 2. The third-order valence-corrected chi connectivity index (χ3v) is 2.66. The van der Waals surface area contributed by atoms with Crippen LogP contribution in [0, 0.1) is 0 Å². The zero-order chi connectivity index (χ0) is 14.5. The summed E-state index contributed by atoms with van der Waals surface area (Å²) in [5.74, 6) is 0. The van der Waals surface area contributed by atoms with Gasteiger partial charge in [-0.25, -0.2) is 9.78 Å². The number of aromatic nitrogens is 2. The third-order valence-electron chi connectivity index (χ3n) is 2.66. The second-order valence-corrected chi connectivity index (χ2v) is 5.44. The maximum Gasteiger partial charge on any atom is 0.317 e. The molecule has 0 aromatic carbocycles. The molecule has 0 aliphatic heterocycles. The number of hydrogen-bond acceptors (Lipinski definition) is 3. The predicted octanol–water partition coefficient (Wildman–Crippen LogP) is 1.07. The van der Waals surface area contributed by atoms with Crippen LogP contribution < -0.4 is 5.32 Å². The molecule has 108 valence electrons. The molecule has 1 aromatic rings. The monoisotopic (exact) mass is 268 g/mol. The highest BCUT2D eigenvalue weighted by molar-refractivity contribution is 5.74. The molecule has 2 N–H and O–H groups in total. The largest absolute Gasteiger partial charge is 0.389 e. The third kappa shape index (κ3) is 5.74. The topological polar surface area (TPSA) is 70.4 Å². The summed E-state index contributed by atoms with van der Waals surface area (Å²) in [5.41, 5.74) is -0.888. The Labute approximate surface area is 114 Å². The van der Waals surface area contributed by atoms with Gasteiger partial charge in [0.25, 0.3) is 0 Å². The van der Waals surface area contributed by atoms with Crippen molar-refractivity contribution in [2.45, 2.75) is 45.9 Å². The molecule has 1 rings (SSSR count). The fraction of sp³-hybridized carbons (Fsp3) is 0.692. The van der Waals surface area contributed by atoms with Crippen LogP contribution in [0.1, 0.15) is 27.7 Å². The number of imidazole rings is 1. The first-order valence-electron chi connectivity index (χ1n) is 6.55. The Morgan fingerprint density at radius 3 is 2.74 bits per heavy atom. The SMILES string of the molecule is CCN(CC(C)(C)O)C(=O)NC(C)Cn1ccnc1. The molecule has 19 heavy (non-hydrogen) atoms. The Morgan fingerprint density at radius 2 is 2.26 bits per heavy atom. The van der Waals surface area contributed by atoms with Gasteiger partial charge in [-0.3, -0.25) is 0 Å². The van der Waals surface area contributed by atoms with Crippen molar-refractivity contribution in [3.05, 3.63) is 18.7 Å². The number of carbonyl (C=O) groups excluding carboxylic acids is 1. The van der Waals surface area contributed by atoms with Crippen LogP contribution in [0.25, 0.3) is 0 Å². The molecule has 0 aliphatic rings. The summed E-state index contributed by atoms with van der Waals surface area (Å²) in [6.45, 7) is 8.77. The van der Waals surface area contributed by atoms with Crippen molar-refractivity contribution < 1.29 is 9.90 Å². The van der Waals surface area contributed by atoms with E-state index in [0.717, 1.165) is 0 Å². The standard InChI is InChI=1S/C13H24N4O2/c1-5-17(9-13(3,4)19)12(18)15-11(2)8-16-7-6-14-10-16/h6-7,10-11,19H,5,8-9H2,1-4H3,(H,15,18). The van der Waals surface area contributed by atoms with E-state index in [1.807, 2.05) is 24.6 Å². The summed E-state index contributed by atoms with van der Waals surface area (Å²) in [6.07, 6.45) is 5.29. The van der Waals surface area contributed by atoms with Gasteiger partial charge in [0.1, 0.15) is 0 Å². The molecule has 0 spiro atoms. The number of rotatable bonds is 6. The highest BCUT2D eigenvalue weighted by Crippen LogP contribution is 2.05. The van der Waals surface area contributed by atoms with Crippen LogP contribution in [0.5, 0.6) is 0 Å². The maximum atomic E-state index is 12.1. The van der Waals surface area contributed by atoms with Gasteiger partial charge >= 0.3 is 6.03 Å². The quantitative estimate of drug-likeness (QED) is 0.811. The molecule has 2 amide bonds. The molecular formula is C13H24N4O2.